The summed E-state index contributed by atoms with van der Waals surface area (Å²) in [6.07, 6.45) is 5.74. The van der Waals surface area contributed by atoms with E-state index in [2.05, 4.69) is 23.2 Å². The Morgan fingerprint density at radius 1 is 1.38 bits per heavy atom. The van der Waals surface area contributed by atoms with Crippen LogP contribution in [0.2, 0.25) is 0 Å². The molecule has 2 heteroatoms. The maximum atomic E-state index is 4.08. The molecule has 1 aliphatic rings. The minimum Gasteiger partial charge on any atom is -0.278 e. The van der Waals surface area contributed by atoms with Crippen molar-refractivity contribution in [2.75, 3.05) is 0 Å². The quantitative estimate of drug-likeness (QED) is 0.649. The summed E-state index contributed by atoms with van der Waals surface area (Å²) in [7, 11) is 0. The molecule has 0 saturated carbocycles. The number of benzene rings is 1. The third kappa shape index (κ3) is 0.857. The SMILES string of the molecule is Cc1c2c(cc3[nH]ncc13)CCC2. The monoisotopic (exact) mass is 172 g/mol. The van der Waals surface area contributed by atoms with Crippen LogP contribution < -0.4 is 0 Å². The number of rotatable bonds is 0. The van der Waals surface area contributed by atoms with Crippen LogP contribution in [0.3, 0.4) is 0 Å². The van der Waals surface area contributed by atoms with Crippen molar-refractivity contribution >= 4 is 10.9 Å². The van der Waals surface area contributed by atoms with Crippen molar-refractivity contribution in [1.82, 2.24) is 10.2 Å². The van der Waals surface area contributed by atoms with Crippen molar-refractivity contribution in [3.05, 3.63) is 29.0 Å². The van der Waals surface area contributed by atoms with Crippen LogP contribution in [0.1, 0.15) is 23.1 Å². The number of hydrogen-bond acceptors (Lipinski definition) is 1. The normalized spacial score (nSPS) is 15.2. The summed E-state index contributed by atoms with van der Waals surface area (Å²) < 4.78 is 0. The van der Waals surface area contributed by atoms with Gasteiger partial charge in [0.1, 0.15) is 0 Å². The molecule has 1 aliphatic carbocycles. The molecule has 0 saturated heterocycles. The zero-order valence-electron chi connectivity index (χ0n) is 7.72. The zero-order chi connectivity index (χ0) is 8.84. The van der Waals surface area contributed by atoms with E-state index in [4.69, 9.17) is 0 Å². The molecule has 0 amide bonds. The fraction of sp³-hybridized carbons (Fsp3) is 0.364. The minimum absolute atomic E-state index is 1.19. The van der Waals surface area contributed by atoms with Gasteiger partial charge in [0.05, 0.1) is 11.7 Å². The first-order valence-corrected chi connectivity index (χ1v) is 4.80. The van der Waals surface area contributed by atoms with Crippen molar-refractivity contribution < 1.29 is 0 Å². The first-order chi connectivity index (χ1) is 6.36. The lowest BCUT2D eigenvalue weighted by Gasteiger charge is -2.04. The van der Waals surface area contributed by atoms with Crippen LogP contribution in [-0.4, -0.2) is 10.2 Å². The lowest BCUT2D eigenvalue weighted by molar-refractivity contribution is 0.909. The van der Waals surface area contributed by atoms with Crippen LogP contribution in [-0.2, 0) is 12.8 Å². The van der Waals surface area contributed by atoms with Gasteiger partial charge in [-0.25, -0.2) is 0 Å². The van der Waals surface area contributed by atoms with Crippen LogP contribution >= 0.6 is 0 Å². The van der Waals surface area contributed by atoms with E-state index in [1.54, 1.807) is 5.56 Å². The summed E-state index contributed by atoms with van der Waals surface area (Å²) in [6, 6.07) is 2.26. The lowest BCUT2D eigenvalue weighted by Crippen LogP contribution is -1.88. The minimum atomic E-state index is 1.19. The number of aryl methyl sites for hydroxylation is 2. The Morgan fingerprint density at radius 3 is 3.23 bits per heavy atom. The highest BCUT2D eigenvalue weighted by molar-refractivity contribution is 5.84. The second kappa shape index (κ2) is 2.34. The number of hydrogen-bond donors (Lipinski definition) is 1. The Labute approximate surface area is 77.0 Å². The summed E-state index contributed by atoms with van der Waals surface area (Å²) in [4.78, 5) is 0. The predicted molar refractivity (Wildman–Crippen MR) is 52.9 cm³/mol. The van der Waals surface area contributed by atoms with Crippen molar-refractivity contribution in [1.29, 1.82) is 0 Å². The van der Waals surface area contributed by atoms with Gasteiger partial charge in [-0.2, -0.15) is 5.10 Å². The average molecular weight is 172 g/mol. The van der Waals surface area contributed by atoms with Crippen LogP contribution in [0.4, 0.5) is 0 Å². The maximum Gasteiger partial charge on any atom is 0.0655 e. The van der Waals surface area contributed by atoms with Gasteiger partial charge >= 0.3 is 0 Å². The standard InChI is InChI=1S/C11H12N2/c1-7-9-4-2-3-8(9)5-11-10(7)6-12-13-11/h5-6H,2-4H2,1H3,(H,12,13). The van der Waals surface area contributed by atoms with E-state index in [9.17, 15) is 0 Å². The molecule has 66 valence electrons. The fourth-order valence-corrected chi connectivity index (χ4v) is 2.40. The molecule has 0 fully saturated rings. The molecule has 0 unspecified atom stereocenters. The molecule has 0 aliphatic heterocycles. The van der Waals surface area contributed by atoms with Crippen molar-refractivity contribution in [2.24, 2.45) is 0 Å². The van der Waals surface area contributed by atoms with Gasteiger partial charge in [0.25, 0.3) is 0 Å². The van der Waals surface area contributed by atoms with E-state index in [-0.39, 0.29) is 0 Å². The molecule has 0 spiro atoms. The van der Waals surface area contributed by atoms with Crippen LogP contribution in [0.5, 0.6) is 0 Å². The van der Waals surface area contributed by atoms with E-state index in [0.717, 1.165) is 0 Å². The maximum absolute atomic E-state index is 4.08. The summed E-state index contributed by atoms with van der Waals surface area (Å²) in [5, 5.41) is 8.41. The number of aromatic amines is 1. The molecule has 13 heavy (non-hydrogen) atoms. The highest BCUT2D eigenvalue weighted by Gasteiger charge is 2.15. The average Bonchev–Trinajstić information content (AvgIpc) is 2.71. The molecule has 1 heterocycles. The number of nitrogens with one attached hydrogen (secondary N) is 1. The van der Waals surface area contributed by atoms with Crippen LogP contribution in [0.15, 0.2) is 12.3 Å². The highest BCUT2D eigenvalue weighted by Crippen LogP contribution is 2.30. The second-order valence-corrected chi connectivity index (χ2v) is 3.82. The van der Waals surface area contributed by atoms with E-state index in [1.807, 2.05) is 6.20 Å². The van der Waals surface area contributed by atoms with Crippen molar-refractivity contribution in [3.63, 3.8) is 0 Å². The van der Waals surface area contributed by atoms with Crippen molar-refractivity contribution in [2.45, 2.75) is 26.2 Å². The molecule has 0 bridgehead atoms. The molecule has 1 aromatic carbocycles. The largest absolute Gasteiger partial charge is 0.278 e. The molecule has 1 aromatic heterocycles. The van der Waals surface area contributed by atoms with E-state index in [1.165, 1.54) is 41.3 Å². The first kappa shape index (κ1) is 7.13. The topological polar surface area (TPSA) is 28.7 Å². The third-order valence-electron chi connectivity index (χ3n) is 3.10. The van der Waals surface area contributed by atoms with Crippen LogP contribution in [0.25, 0.3) is 10.9 Å². The summed E-state index contributed by atoms with van der Waals surface area (Å²) in [5.41, 5.74) is 5.71. The smallest absolute Gasteiger partial charge is 0.0655 e. The highest BCUT2D eigenvalue weighted by atomic mass is 15.1. The van der Waals surface area contributed by atoms with Gasteiger partial charge in [-0.3, -0.25) is 5.10 Å². The molecule has 0 radical (unpaired) electrons. The van der Waals surface area contributed by atoms with E-state index in [0.29, 0.717) is 0 Å². The summed E-state index contributed by atoms with van der Waals surface area (Å²) >= 11 is 0. The van der Waals surface area contributed by atoms with Gasteiger partial charge in [0.2, 0.25) is 0 Å². The summed E-state index contributed by atoms with van der Waals surface area (Å²) in [5.74, 6) is 0. The molecule has 2 nitrogen and oxygen atoms in total. The van der Waals surface area contributed by atoms with Gasteiger partial charge in [0, 0.05) is 5.39 Å². The first-order valence-electron chi connectivity index (χ1n) is 4.80. The zero-order valence-corrected chi connectivity index (χ0v) is 7.72. The Balaban J connectivity index is 2.45. The summed E-state index contributed by atoms with van der Waals surface area (Å²) in [6.45, 7) is 2.21. The fourth-order valence-electron chi connectivity index (χ4n) is 2.40. The van der Waals surface area contributed by atoms with Gasteiger partial charge in [-0.15, -0.1) is 0 Å². The number of H-pyrrole nitrogens is 1. The molecule has 3 rings (SSSR count). The van der Waals surface area contributed by atoms with Gasteiger partial charge < -0.3 is 0 Å². The number of aromatic nitrogens is 2. The Morgan fingerprint density at radius 2 is 2.31 bits per heavy atom. The molecular weight excluding hydrogens is 160 g/mol. The molecule has 1 N–H and O–H groups in total. The lowest BCUT2D eigenvalue weighted by atomic mass is 10.0. The van der Waals surface area contributed by atoms with Gasteiger partial charge in [-0.05, 0) is 48.9 Å². The number of nitrogens with zero attached hydrogens (tertiary/aromatic N) is 1. The third-order valence-corrected chi connectivity index (χ3v) is 3.10. The van der Waals surface area contributed by atoms with Gasteiger partial charge in [0.15, 0.2) is 0 Å². The number of fused-ring (bicyclic) bond motifs is 2. The predicted octanol–water partition coefficient (Wildman–Crippen LogP) is 2.36. The van der Waals surface area contributed by atoms with Gasteiger partial charge in [-0.1, -0.05) is 0 Å². The molecule has 2 aromatic rings. The van der Waals surface area contributed by atoms with Crippen molar-refractivity contribution in [3.8, 4) is 0 Å². The van der Waals surface area contributed by atoms with Crippen LogP contribution in [0, 0.1) is 6.92 Å². The molecule has 0 atom stereocenters. The van der Waals surface area contributed by atoms with E-state index >= 15 is 0 Å². The van der Waals surface area contributed by atoms with E-state index < -0.39 is 0 Å². The second-order valence-electron chi connectivity index (χ2n) is 3.82. The Hall–Kier alpha value is -1.31. The molecular formula is C11H12N2. The Bertz CT molecular complexity index is 468. The Kier molecular flexibility index (Phi) is 1.29.